The number of rotatable bonds is 3. The predicted molar refractivity (Wildman–Crippen MR) is 86.6 cm³/mol. The van der Waals surface area contributed by atoms with E-state index in [1.54, 1.807) is 15.9 Å². The average Bonchev–Trinajstić information content (AvgIpc) is 2.87. The number of fused-ring (bicyclic) bond motifs is 1. The molecule has 3 N–H and O–H groups in total. The van der Waals surface area contributed by atoms with Crippen LogP contribution in [-0.2, 0) is 9.59 Å². The molecule has 0 aliphatic carbocycles. The van der Waals surface area contributed by atoms with E-state index in [9.17, 15) is 14.7 Å². The molecule has 0 radical (unpaired) electrons. The van der Waals surface area contributed by atoms with Gasteiger partial charge in [0, 0.05) is 30.6 Å². The van der Waals surface area contributed by atoms with Gasteiger partial charge in [-0.15, -0.1) is 0 Å². The Hall–Kier alpha value is -1.50. The van der Waals surface area contributed by atoms with Crippen molar-refractivity contribution < 1.29 is 14.7 Å². The Morgan fingerprint density at radius 1 is 1.35 bits per heavy atom. The molecule has 2 atom stereocenters. The Morgan fingerprint density at radius 3 is 2.78 bits per heavy atom. The highest BCUT2D eigenvalue weighted by Gasteiger charge is 2.42. The van der Waals surface area contributed by atoms with Gasteiger partial charge in [0.1, 0.15) is 5.75 Å². The number of nitrogens with zero attached hydrogens (tertiary/aromatic N) is 2. The molecule has 0 saturated carbocycles. The molecule has 1 aromatic rings. The van der Waals surface area contributed by atoms with Crippen LogP contribution < -0.4 is 5.73 Å². The normalized spacial score (nSPS) is 24.8. The molecule has 0 unspecified atom stereocenters. The summed E-state index contributed by atoms with van der Waals surface area (Å²) in [6.45, 7) is 1.33. The van der Waals surface area contributed by atoms with Crippen LogP contribution in [0, 0.1) is 0 Å². The van der Waals surface area contributed by atoms with Crippen LogP contribution in [-0.4, -0.2) is 58.9 Å². The first kappa shape index (κ1) is 16.4. The molecular formula is C15H17Cl2N3O3. The molecule has 3 rings (SSSR count). The lowest BCUT2D eigenvalue weighted by Gasteiger charge is -2.36. The quantitative estimate of drug-likeness (QED) is 0.850. The van der Waals surface area contributed by atoms with E-state index in [0.717, 1.165) is 0 Å². The maximum atomic E-state index is 12.3. The number of primary amides is 1. The summed E-state index contributed by atoms with van der Waals surface area (Å²) < 4.78 is 0. The zero-order valence-electron chi connectivity index (χ0n) is 12.3. The van der Waals surface area contributed by atoms with Gasteiger partial charge in [-0.05, 0) is 18.6 Å². The lowest BCUT2D eigenvalue weighted by Crippen LogP contribution is -2.55. The van der Waals surface area contributed by atoms with Gasteiger partial charge in [-0.1, -0.05) is 23.2 Å². The molecule has 23 heavy (non-hydrogen) atoms. The number of carbonyl (C=O) groups excluding carboxylic acids is 2. The summed E-state index contributed by atoms with van der Waals surface area (Å²) in [7, 11) is 0. The van der Waals surface area contributed by atoms with Crippen molar-refractivity contribution in [2.75, 3.05) is 26.2 Å². The standard InChI is InChI=1S/C15H17Cl2N3O3/c16-10-1-2-11(21)14(15(10)17)8-3-9-5-19(6-12(18)22)7-13(23)20(9)4-8/h1-2,8-9,21H,3-7H2,(H2,18,22)/t8-,9-/m0/s1. The molecule has 124 valence electrons. The number of aromatic hydroxyl groups is 1. The fourth-order valence-electron chi connectivity index (χ4n) is 3.53. The molecule has 2 aliphatic rings. The van der Waals surface area contributed by atoms with E-state index in [1.165, 1.54) is 6.07 Å². The van der Waals surface area contributed by atoms with Gasteiger partial charge in [0.25, 0.3) is 0 Å². The first-order valence-electron chi connectivity index (χ1n) is 7.33. The van der Waals surface area contributed by atoms with E-state index in [2.05, 4.69) is 0 Å². The van der Waals surface area contributed by atoms with E-state index in [0.29, 0.717) is 35.1 Å². The Labute approximate surface area is 143 Å². The number of phenolic OH excluding ortho intramolecular Hbond substituents is 1. The Kier molecular flexibility index (Phi) is 4.40. The molecule has 2 fully saturated rings. The number of nitrogens with two attached hydrogens (primary N) is 1. The number of hydrogen-bond donors (Lipinski definition) is 2. The maximum Gasteiger partial charge on any atom is 0.237 e. The SMILES string of the molecule is NC(=O)CN1CC(=O)N2C[C@@H](c3c(O)ccc(Cl)c3Cl)C[C@H]2C1. The minimum Gasteiger partial charge on any atom is -0.508 e. The fourth-order valence-corrected chi connectivity index (χ4v) is 4.01. The minimum absolute atomic E-state index is 0.0185. The molecule has 6 nitrogen and oxygen atoms in total. The van der Waals surface area contributed by atoms with Gasteiger partial charge in [-0.25, -0.2) is 0 Å². The van der Waals surface area contributed by atoms with Gasteiger partial charge < -0.3 is 15.7 Å². The molecule has 0 aromatic heterocycles. The summed E-state index contributed by atoms with van der Waals surface area (Å²) in [5.74, 6) is -0.478. The van der Waals surface area contributed by atoms with Crippen molar-refractivity contribution in [3.8, 4) is 5.75 Å². The van der Waals surface area contributed by atoms with Crippen LogP contribution in [0.2, 0.25) is 10.0 Å². The third kappa shape index (κ3) is 3.11. The summed E-state index contributed by atoms with van der Waals surface area (Å²) in [5, 5.41) is 10.8. The number of halogens is 2. The molecule has 2 aliphatic heterocycles. The van der Waals surface area contributed by atoms with Crippen molar-refractivity contribution in [1.29, 1.82) is 0 Å². The monoisotopic (exact) mass is 357 g/mol. The van der Waals surface area contributed by atoms with Gasteiger partial charge in [0.15, 0.2) is 0 Å². The lowest BCUT2D eigenvalue weighted by atomic mass is 9.95. The highest BCUT2D eigenvalue weighted by molar-refractivity contribution is 6.42. The smallest absolute Gasteiger partial charge is 0.237 e. The Bertz CT molecular complexity index is 668. The molecular weight excluding hydrogens is 341 g/mol. The van der Waals surface area contributed by atoms with Crippen LogP contribution in [0.1, 0.15) is 17.9 Å². The second-order valence-corrected chi connectivity index (χ2v) is 6.85. The zero-order valence-corrected chi connectivity index (χ0v) is 13.8. The molecule has 2 heterocycles. The maximum absolute atomic E-state index is 12.3. The topological polar surface area (TPSA) is 86.9 Å². The van der Waals surface area contributed by atoms with Crippen molar-refractivity contribution in [2.45, 2.75) is 18.4 Å². The number of piperazine rings is 1. The predicted octanol–water partition coefficient (Wildman–Crippen LogP) is 1.18. The third-order valence-corrected chi connectivity index (χ3v) is 5.28. The van der Waals surface area contributed by atoms with Crippen molar-refractivity contribution in [3.05, 3.63) is 27.7 Å². The van der Waals surface area contributed by atoms with Crippen LogP contribution in [0.15, 0.2) is 12.1 Å². The van der Waals surface area contributed by atoms with E-state index >= 15 is 0 Å². The Balaban J connectivity index is 1.82. The van der Waals surface area contributed by atoms with Crippen molar-refractivity contribution in [3.63, 3.8) is 0 Å². The highest BCUT2D eigenvalue weighted by atomic mass is 35.5. The van der Waals surface area contributed by atoms with Crippen molar-refractivity contribution in [2.24, 2.45) is 5.73 Å². The van der Waals surface area contributed by atoms with Crippen molar-refractivity contribution in [1.82, 2.24) is 9.80 Å². The van der Waals surface area contributed by atoms with Crippen LogP contribution in [0.5, 0.6) is 5.75 Å². The molecule has 2 saturated heterocycles. The summed E-state index contributed by atoms with van der Waals surface area (Å²) >= 11 is 12.3. The number of carbonyl (C=O) groups is 2. The Morgan fingerprint density at radius 2 is 2.09 bits per heavy atom. The number of benzene rings is 1. The zero-order chi connectivity index (χ0) is 16.7. The molecule has 8 heteroatoms. The van der Waals surface area contributed by atoms with Crippen LogP contribution in [0.25, 0.3) is 0 Å². The number of hydrogen-bond acceptors (Lipinski definition) is 4. The molecule has 1 aromatic carbocycles. The molecule has 2 amide bonds. The van der Waals surface area contributed by atoms with Crippen molar-refractivity contribution >= 4 is 35.0 Å². The summed E-state index contributed by atoms with van der Waals surface area (Å²) in [6.07, 6.45) is 0.661. The fraction of sp³-hybridized carbons (Fsp3) is 0.467. The summed E-state index contributed by atoms with van der Waals surface area (Å²) in [6, 6.07) is 3.04. The minimum atomic E-state index is -0.448. The van der Waals surface area contributed by atoms with Gasteiger partial charge >= 0.3 is 0 Å². The third-order valence-electron chi connectivity index (χ3n) is 4.46. The largest absolute Gasteiger partial charge is 0.508 e. The van der Waals surface area contributed by atoms with E-state index in [4.69, 9.17) is 28.9 Å². The number of phenols is 1. The van der Waals surface area contributed by atoms with Gasteiger partial charge in [-0.3, -0.25) is 14.5 Å². The van der Waals surface area contributed by atoms with Crippen LogP contribution >= 0.6 is 23.2 Å². The second-order valence-electron chi connectivity index (χ2n) is 6.06. The first-order chi connectivity index (χ1) is 10.9. The van der Waals surface area contributed by atoms with Gasteiger partial charge in [0.2, 0.25) is 11.8 Å². The van der Waals surface area contributed by atoms with E-state index in [1.807, 2.05) is 0 Å². The van der Waals surface area contributed by atoms with Gasteiger partial charge in [-0.2, -0.15) is 0 Å². The lowest BCUT2D eigenvalue weighted by molar-refractivity contribution is -0.138. The highest BCUT2D eigenvalue weighted by Crippen LogP contribution is 2.43. The molecule has 0 bridgehead atoms. The van der Waals surface area contributed by atoms with E-state index < -0.39 is 5.91 Å². The van der Waals surface area contributed by atoms with Crippen LogP contribution in [0.3, 0.4) is 0 Å². The average molecular weight is 358 g/mol. The first-order valence-corrected chi connectivity index (χ1v) is 8.09. The van der Waals surface area contributed by atoms with Crippen LogP contribution in [0.4, 0.5) is 0 Å². The summed E-state index contributed by atoms with van der Waals surface area (Å²) in [4.78, 5) is 26.9. The second kappa shape index (κ2) is 6.19. The number of amides is 2. The molecule has 0 spiro atoms. The summed E-state index contributed by atoms with van der Waals surface area (Å²) in [5.41, 5.74) is 5.80. The van der Waals surface area contributed by atoms with E-state index in [-0.39, 0.29) is 36.7 Å². The van der Waals surface area contributed by atoms with Gasteiger partial charge in [0.05, 0.1) is 23.1 Å².